The molecule has 3 nitrogen and oxygen atoms in total. The van der Waals surface area contributed by atoms with Crippen molar-refractivity contribution in [2.24, 2.45) is 0 Å². The molecule has 0 spiro atoms. The molecular formula is C17H14N2OS. The topological polar surface area (TPSA) is 41.1 Å². The van der Waals surface area contributed by atoms with Gasteiger partial charge in [0, 0.05) is 0 Å². The van der Waals surface area contributed by atoms with E-state index in [9.17, 15) is 4.79 Å². The summed E-state index contributed by atoms with van der Waals surface area (Å²) in [5.74, 6) is -0.160. The van der Waals surface area contributed by atoms with Crippen molar-refractivity contribution in [3.05, 3.63) is 77.0 Å². The molecule has 0 saturated carbocycles. The minimum absolute atomic E-state index is 0.160. The normalized spacial score (nSPS) is 10.3. The summed E-state index contributed by atoms with van der Waals surface area (Å²) in [5, 5.41) is 4.19. The Balaban J connectivity index is 1.70. The van der Waals surface area contributed by atoms with Crippen molar-refractivity contribution >= 4 is 33.7 Å². The fourth-order valence-electron chi connectivity index (χ4n) is 2.05. The number of benzene rings is 2. The maximum atomic E-state index is 11.8. The molecule has 4 heteroatoms. The molecule has 1 amide bonds. The quantitative estimate of drug-likeness (QED) is 0.718. The van der Waals surface area contributed by atoms with Crippen LogP contribution in [0, 0.1) is 0 Å². The van der Waals surface area contributed by atoms with E-state index in [-0.39, 0.29) is 5.91 Å². The van der Waals surface area contributed by atoms with E-state index >= 15 is 0 Å². The molecule has 0 bridgehead atoms. The molecule has 2 aromatic carbocycles. The molecule has 0 fully saturated rings. The molecule has 0 saturated heterocycles. The average Bonchev–Trinajstić information content (AvgIpc) is 3.06. The van der Waals surface area contributed by atoms with E-state index in [1.54, 1.807) is 6.07 Å². The summed E-state index contributed by atoms with van der Waals surface area (Å²) in [7, 11) is 0. The third-order valence-corrected chi connectivity index (χ3v) is 4.04. The smallest absolute Gasteiger partial charge is 0.279 e. The van der Waals surface area contributed by atoms with E-state index in [0.29, 0.717) is 10.6 Å². The highest BCUT2D eigenvalue weighted by Gasteiger charge is 2.06. The second kappa shape index (κ2) is 5.81. The van der Waals surface area contributed by atoms with Gasteiger partial charge in [-0.05, 0) is 33.8 Å². The van der Waals surface area contributed by atoms with Crippen LogP contribution in [0.1, 0.15) is 15.2 Å². The van der Waals surface area contributed by atoms with Gasteiger partial charge in [-0.2, -0.15) is 0 Å². The minimum atomic E-state index is -0.160. The summed E-state index contributed by atoms with van der Waals surface area (Å²) in [6.45, 7) is 3.96. The van der Waals surface area contributed by atoms with Crippen molar-refractivity contribution in [2.75, 3.05) is 0 Å². The number of fused-ring (bicyclic) bond motifs is 1. The van der Waals surface area contributed by atoms with Crippen molar-refractivity contribution in [3.8, 4) is 0 Å². The van der Waals surface area contributed by atoms with Crippen LogP contribution in [0.15, 0.2) is 66.6 Å². The number of rotatable bonds is 4. The lowest BCUT2D eigenvalue weighted by atomic mass is 10.1. The number of hydrazine groups is 1. The van der Waals surface area contributed by atoms with Gasteiger partial charge >= 0.3 is 0 Å². The van der Waals surface area contributed by atoms with Gasteiger partial charge in [0.1, 0.15) is 0 Å². The number of hydrogen-bond acceptors (Lipinski definition) is 3. The number of hydrogen-bond donors (Lipinski definition) is 2. The minimum Gasteiger partial charge on any atom is -0.298 e. The summed E-state index contributed by atoms with van der Waals surface area (Å²) in [5.41, 5.74) is 7.12. The van der Waals surface area contributed by atoms with Crippen LogP contribution in [0.25, 0.3) is 16.5 Å². The van der Waals surface area contributed by atoms with Crippen LogP contribution in [0.5, 0.6) is 0 Å². The first kappa shape index (κ1) is 13.4. The SMILES string of the molecule is C=C(NNC(=O)c1cccs1)c1ccc2ccccc2c1. The maximum absolute atomic E-state index is 11.8. The second-order valence-corrected chi connectivity index (χ2v) is 5.54. The number of carbonyl (C=O) groups is 1. The molecule has 104 valence electrons. The van der Waals surface area contributed by atoms with Crippen molar-refractivity contribution in [1.82, 2.24) is 10.9 Å². The van der Waals surface area contributed by atoms with Crippen LogP contribution in [0.4, 0.5) is 0 Å². The lowest BCUT2D eigenvalue weighted by Crippen LogP contribution is -2.35. The molecule has 0 unspecified atom stereocenters. The van der Waals surface area contributed by atoms with Gasteiger partial charge < -0.3 is 0 Å². The summed E-state index contributed by atoms with van der Waals surface area (Å²) in [6.07, 6.45) is 0. The zero-order valence-electron chi connectivity index (χ0n) is 11.3. The van der Waals surface area contributed by atoms with Gasteiger partial charge in [0.25, 0.3) is 5.91 Å². The van der Waals surface area contributed by atoms with E-state index in [1.165, 1.54) is 16.7 Å². The third-order valence-electron chi connectivity index (χ3n) is 3.17. The summed E-state index contributed by atoms with van der Waals surface area (Å²) in [4.78, 5) is 12.5. The zero-order chi connectivity index (χ0) is 14.7. The molecule has 1 heterocycles. The van der Waals surface area contributed by atoms with E-state index < -0.39 is 0 Å². The predicted octanol–water partition coefficient (Wildman–Crippen LogP) is 3.81. The highest BCUT2D eigenvalue weighted by Crippen LogP contribution is 2.18. The van der Waals surface area contributed by atoms with Crippen LogP contribution in [0.3, 0.4) is 0 Å². The molecule has 3 rings (SSSR count). The summed E-state index contributed by atoms with van der Waals surface area (Å²) >= 11 is 1.40. The van der Waals surface area contributed by atoms with E-state index in [2.05, 4.69) is 29.6 Å². The van der Waals surface area contributed by atoms with E-state index in [0.717, 1.165) is 10.9 Å². The number of thiophene rings is 1. The fourth-order valence-corrected chi connectivity index (χ4v) is 2.67. The van der Waals surface area contributed by atoms with Gasteiger partial charge in [0.2, 0.25) is 0 Å². The van der Waals surface area contributed by atoms with Crippen LogP contribution in [-0.2, 0) is 0 Å². The molecular weight excluding hydrogens is 280 g/mol. The van der Waals surface area contributed by atoms with Crippen molar-refractivity contribution < 1.29 is 4.79 Å². The standard InChI is InChI=1S/C17H14N2OS/c1-12(18-19-17(20)16-7-4-10-21-16)14-9-8-13-5-2-3-6-15(13)11-14/h2-11,18H,1H2,(H,19,20). The molecule has 0 aliphatic heterocycles. The largest absolute Gasteiger partial charge is 0.298 e. The Morgan fingerprint density at radius 1 is 0.952 bits per heavy atom. The van der Waals surface area contributed by atoms with Gasteiger partial charge in [-0.3, -0.25) is 15.6 Å². The first-order chi connectivity index (χ1) is 10.2. The molecule has 2 N–H and O–H groups in total. The highest BCUT2D eigenvalue weighted by molar-refractivity contribution is 7.12. The van der Waals surface area contributed by atoms with Gasteiger partial charge in [-0.25, -0.2) is 0 Å². The fraction of sp³-hybridized carbons (Fsp3) is 0. The molecule has 21 heavy (non-hydrogen) atoms. The monoisotopic (exact) mass is 294 g/mol. The molecule has 0 atom stereocenters. The van der Waals surface area contributed by atoms with Gasteiger partial charge in [-0.15, -0.1) is 11.3 Å². The van der Waals surface area contributed by atoms with Crippen LogP contribution < -0.4 is 10.9 Å². The molecule has 3 aromatic rings. The second-order valence-electron chi connectivity index (χ2n) is 4.60. The Morgan fingerprint density at radius 3 is 2.52 bits per heavy atom. The summed E-state index contributed by atoms with van der Waals surface area (Å²) < 4.78 is 0. The molecule has 0 radical (unpaired) electrons. The van der Waals surface area contributed by atoms with Crippen molar-refractivity contribution in [2.45, 2.75) is 0 Å². The van der Waals surface area contributed by atoms with Gasteiger partial charge in [-0.1, -0.05) is 49.0 Å². The summed E-state index contributed by atoms with van der Waals surface area (Å²) in [6, 6.07) is 17.8. The van der Waals surface area contributed by atoms with Crippen LogP contribution in [0.2, 0.25) is 0 Å². The third kappa shape index (κ3) is 2.95. The molecule has 0 aliphatic carbocycles. The Hall–Kier alpha value is -2.59. The van der Waals surface area contributed by atoms with E-state index in [1.807, 2.05) is 41.8 Å². The van der Waals surface area contributed by atoms with Crippen molar-refractivity contribution in [3.63, 3.8) is 0 Å². The van der Waals surface area contributed by atoms with Crippen molar-refractivity contribution in [1.29, 1.82) is 0 Å². The Labute approximate surface area is 126 Å². The first-order valence-corrected chi connectivity index (χ1v) is 7.40. The lowest BCUT2D eigenvalue weighted by Gasteiger charge is -2.11. The zero-order valence-corrected chi connectivity index (χ0v) is 12.1. The van der Waals surface area contributed by atoms with E-state index in [4.69, 9.17) is 0 Å². The highest BCUT2D eigenvalue weighted by atomic mass is 32.1. The molecule has 1 aromatic heterocycles. The predicted molar refractivity (Wildman–Crippen MR) is 87.9 cm³/mol. The number of amides is 1. The lowest BCUT2D eigenvalue weighted by molar-refractivity contribution is 0.0946. The first-order valence-electron chi connectivity index (χ1n) is 6.52. The number of carbonyl (C=O) groups excluding carboxylic acids is 1. The van der Waals surface area contributed by atoms with Crippen LogP contribution >= 0.6 is 11.3 Å². The van der Waals surface area contributed by atoms with Gasteiger partial charge in [0.15, 0.2) is 0 Å². The van der Waals surface area contributed by atoms with Gasteiger partial charge in [0.05, 0.1) is 10.6 Å². The number of nitrogens with one attached hydrogen (secondary N) is 2. The Bertz CT molecular complexity index is 793. The average molecular weight is 294 g/mol. The Kier molecular flexibility index (Phi) is 3.71. The van der Waals surface area contributed by atoms with Crippen LogP contribution in [-0.4, -0.2) is 5.91 Å². The Morgan fingerprint density at radius 2 is 1.76 bits per heavy atom. The maximum Gasteiger partial charge on any atom is 0.279 e. The molecule has 0 aliphatic rings.